The summed E-state index contributed by atoms with van der Waals surface area (Å²) in [6.07, 6.45) is 0.750. The second-order valence-electron chi connectivity index (χ2n) is 8.14. The van der Waals surface area contributed by atoms with Gasteiger partial charge in [0.2, 0.25) is 11.7 Å². The lowest BCUT2D eigenvalue weighted by atomic mass is 10.0. The molecule has 182 valence electrons. The fraction of sp³-hybridized carbons (Fsp3) is 0.348. The number of benzene rings is 2. The van der Waals surface area contributed by atoms with Crippen LogP contribution in [0.3, 0.4) is 0 Å². The number of aliphatic hydroxyl groups is 5. The Labute approximate surface area is 196 Å². The summed E-state index contributed by atoms with van der Waals surface area (Å²) in [5, 5.41) is 52.7. The maximum Gasteiger partial charge on any atom is 0.278 e. The molecule has 1 atom stereocenters. The van der Waals surface area contributed by atoms with Crippen molar-refractivity contribution in [1.29, 1.82) is 5.26 Å². The number of hydrogen-bond acceptors (Lipinski definition) is 9. The van der Waals surface area contributed by atoms with E-state index in [-0.39, 0.29) is 22.7 Å². The van der Waals surface area contributed by atoms with Gasteiger partial charge in [0.25, 0.3) is 5.91 Å². The minimum Gasteiger partial charge on any atom is -0.462 e. The topological polar surface area (TPSA) is 216 Å². The fourth-order valence-electron chi connectivity index (χ4n) is 3.22. The molecular formula is C23H28N4O7. The van der Waals surface area contributed by atoms with Crippen LogP contribution in [0.4, 0.5) is 0 Å². The third-order valence-electron chi connectivity index (χ3n) is 4.68. The molecule has 11 heteroatoms. The largest absolute Gasteiger partial charge is 0.462 e. The normalized spacial score (nSPS) is 15.6. The van der Waals surface area contributed by atoms with Gasteiger partial charge in [0.15, 0.2) is 0 Å². The number of aliphatic hydroxyl groups excluding tert-OH is 2. The summed E-state index contributed by atoms with van der Waals surface area (Å²) < 4.78 is 5.31. The molecule has 34 heavy (non-hydrogen) atoms. The van der Waals surface area contributed by atoms with Gasteiger partial charge in [0.1, 0.15) is 24.3 Å². The second-order valence-corrected chi connectivity index (χ2v) is 8.14. The van der Waals surface area contributed by atoms with Gasteiger partial charge in [-0.05, 0) is 42.2 Å². The minimum absolute atomic E-state index is 0.0614. The van der Waals surface area contributed by atoms with E-state index in [9.17, 15) is 20.3 Å². The monoisotopic (exact) mass is 472 g/mol. The molecule has 0 heterocycles. The van der Waals surface area contributed by atoms with Crippen LogP contribution >= 0.6 is 0 Å². The molecule has 3 rings (SSSR count). The molecule has 1 aliphatic carbocycles. The molecule has 2 aromatic rings. The molecule has 1 aliphatic rings. The molecule has 0 radical (unpaired) electrons. The predicted octanol–water partition coefficient (Wildman–Crippen LogP) is -0.233. The number of amides is 1. The third-order valence-corrected chi connectivity index (χ3v) is 4.68. The Bertz CT molecular complexity index is 1110. The zero-order valence-electron chi connectivity index (χ0n) is 18.8. The zero-order chi connectivity index (χ0) is 25.7. The summed E-state index contributed by atoms with van der Waals surface area (Å²) in [7, 11) is 0. The van der Waals surface area contributed by atoms with Crippen LogP contribution in [0.15, 0.2) is 41.4 Å². The molecule has 0 aliphatic heterocycles. The van der Waals surface area contributed by atoms with Crippen molar-refractivity contribution < 1.29 is 35.1 Å². The predicted molar refractivity (Wildman–Crippen MR) is 121 cm³/mol. The van der Waals surface area contributed by atoms with Crippen molar-refractivity contribution in [2.24, 2.45) is 16.5 Å². The molecule has 0 spiro atoms. The summed E-state index contributed by atoms with van der Waals surface area (Å²) in [6.45, 7) is 2.04. The van der Waals surface area contributed by atoms with Crippen LogP contribution in [-0.2, 0) is 6.42 Å². The van der Waals surface area contributed by atoms with Crippen LogP contribution in [0.1, 0.15) is 59.0 Å². The van der Waals surface area contributed by atoms with E-state index in [4.69, 9.17) is 25.8 Å². The number of fused-ring (bicyclic) bond motifs is 1. The number of nitrogens with two attached hydrogens (primary N) is 2. The molecule has 0 fully saturated rings. The SMILES string of the molecule is CC(C)(O)Oc1ccc(C(=O)N=C(N)c2cccc3c2CCC3O)cc1C#N.NC(O)(O)CO. The average Bonchev–Trinajstić information content (AvgIpc) is 3.13. The van der Waals surface area contributed by atoms with E-state index in [2.05, 4.69) is 10.7 Å². The first-order valence-corrected chi connectivity index (χ1v) is 10.2. The van der Waals surface area contributed by atoms with E-state index in [1.54, 1.807) is 12.1 Å². The zero-order valence-corrected chi connectivity index (χ0v) is 18.8. The van der Waals surface area contributed by atoms with Crippen molar-refractivity contribution in [3.8, 4) is 11.8 Å². The Hall–Kier alpha value is -3.37. The molecule has 9 N–H and O–H groups in total. The second kappa shape index (κ2) is 10.7. The number of amidine groups is 1. The van der Waals surface area contributed by atoms with Crippen molar-refractivity contribution in [2.45, 2.75) is 44.5 Å². The molecule has 0 saturated heterocycles. The van der Waals surface area contributed by atoms with Gasteiger partial charge in [-0.3, -0.25) is 10.5 Å². The molecule has 2 aromatic carbocycles. The van der Waals surface area contributed by atoms with Crippen molar-refractivity contribution in [1.82, 2.24) is 0 Å². The van der Waals surface area contributed by atoms with Gasteiger partial charge >= 0.3 is 0 Å². The highest BCUT2D eigenvalue weighted by molar-refractivity contribution is 6.09. The van der Waals surface area contributed by atoms with E-state index in [1.807, 2.05) is 12.1 Å². The number of nitriles is 1. The minimum atomic E-state index is -2.40. The van der Waals surface area contributed by atoms with Crippen molar-refractivity contribution in [2.75, 3.05) is 6.61 Å². The lowest BCUT2D eigenvalue weighted by molar-refractivity contribution is -0.181. The lowest BCUT2D eigenvalue weighted by Crippen LogP contribution is -2.42. The molecule has 1 unspecified atom stereocenters. The standard InChI is InChI=1S/C21H21N3O4.C2H7NO3/c1-21(2,27)28-18-9-6-12(10-13(18)11-22)20(26)24-19(23)16-5-3-4-15-14(16)7-8-17(15)25;3-2(5,6)1-4/h3-6,9-10,17,25,27H,7-8H2,1-2H3,(H2,23,24,26);4-6H,1,3H2. The number of ether oxygens (including phenoxy) is 1. The first-order chi connectivity index (χ1) is 15.8. The first-order valence-electron chi connectivity index (χ1n) is 10.2. The van der Waals surface area contributed by atoms with Crippen LogP contribution in [0.5, 0.6) is 5.75 Å². The van der Waals surface area contributed by atoms with E-state index in [1.165, 1.54) is 32.0 Å². The number of rotatable bonds is 5. The Morgan fingerprint density at radius 3 is 2.47 bits per heavy atom. The van der Waals surface area contributed by atoms with Gasteiger partial charge in [-0.1, -0.05) is 18.2 Å². The molecular weight excluding hydrogens is 444 g/mol. The molecule has 0 bridgehead atoms. The van der Waals surface area contributed by atoms with Crippen LogP contribution < -0.4 is 16.2 Å². The third kappa shape index (κ3) is 7.32. The average molecular weight is 472 g/mol. The molecule has 11 nitrogen and oxygen atoms in total. The van der Waals surface area contributed by atoms with Crippen molar-refractivity contribution >= 4 is 11.7 Å². The number of aliphatic imine (C=N–C) groups is 1. The van der Waals surface area contributed by atoms with Crippen LogP contribution in [0.2, 0.25) is 0 Å². The fourth-order valence-corrected chi connectivity index (χ4v) is 3.22. The maximum absolute atomic E-state index is 12.5. The molecule has 0 aromatic heterocycles. The Morgan fingerprint density at radius 2 is 1.91 bits per heavy atom. The van der Waals surface area contributed by atoms with Crippen LogP contribution in [0, 0.1) is 11.3 Å². The van der Waals surface area contributed by atoms with E-state index >= 15 is 0 Å². The number of carbonyl (C=O) groups is 1. The van der Waals surface area contributed by atoms with E-state index < -0.39 is 30.3 Å². The first kappa shape index (κ1) is 26.9. The van der Waals surface area contributed by atoms with E-state index in [0.717, 1.165) is 11.1 Å². The molecule has 0 saturated carbocycles. The van der Waals surface area contributed by atoms with Gasteiger partial charge in [0.05, 0.1) is 11.7 Å². The summed E-state index contributed by atoms with van der Waals surface area (Å²) in [4.78, 5) is 16.5. The van der Waals surface area contributed by atoms with Crippen molar-refractivity contribution in [3.63, 3.8) is 0 Å². The number of nitrogens with zero attached hydrogens (tertiary/aromatic N) is 2. The molecule has 1 amide bonds. The Balaban J connectivity index is 0.000000604. The number of carbonyl (C=O) groups excluding carboxylic acids is 1. The highest BCUT2D eigenvalue weighted by Gasteiger charge is 2.24. The van der Waals surface area contributed by atoms with E-state index in [0.29, 0.717) is 18.4 Å². The number of hydrogen-bond donors (Lipinski definition) is 7. The van der Waals surface area contributed by atoms with Gasteiger partial charge in [-0.15, -0.1) is 0 Å². The maximum atomic E-state index is 12.5. The lowest BCUT2D eigenvalue weighted by Gasteiger charge is -2.20. The van der Waals surface area contributed by atoms with Gasteiger partial charge in [0, 0.05) is 25.0 Å². The Morgan fingerprint density at radius 1 is 1.26 bits per heavy atom. The van der Waals surface area contributed by atoms with Crippen LogP contribution in [-0.4, -0.2) is 55.6 Å². The van der Waals surface area contributed by atoms with Gasteiger partial charge in [-0.2, -0.15) is 10.3 Å². The Kier molecular flexibility index (Phi) is 8.46. The smallest absolute Gasteiger partial charge is 0.278 e. The van der Waals surface area contributed by atoms with Gasteiger partial charge < -0.3 is 36.0 Å². The van der Waals surface area contributed by atoms with Crippen LogP contribution in [0.25, 0.3) is 0 Å². The van der Waals surface area contributed by atoms with Gasteiger partial charge in [-0.25, -0.2) is 0 Å². The summed E-state index contributed by atoms with van der Waals surface area (Å²) in [5.74, 6) is -4.23. The summed E-state index contributed by atoms with van der Waals surface area (Å²) in [5.41, 5.74) is 13.1. The summed E-state index contributed by atoms with van der Waals surface area (Å²) in [6, 6.07) is 11.6. The highest BCUT2D eigenvalue weighted by Crippen LogP contribution is 2.33. The quantitative estimate of drug-likeness (QED) is 0.172. The van der Waals surface area contributed by atoms with Crippen molar-refractivity contribution in [3.05, 3.63) is 64.2 Å². The summed E-state index contributed by atoms with van der Waals surface area (Å²) >= 11 is 0. The highest BCUT2D eigenvalue weighted by atomic mass is 16.6.